The van der Waals surface area contributed by atoms with Gasteiger partial charge in [-0.3, -0.25) is 0 Å². The van der Waals surface area contributed by atoms with E-state index in [4.69, 9.17) is 4.74 Å². The minimum atomic E-state index is -1.24. The van der Waals surface area contributed by atoms with Gasteiger partial charge in [0, 0.05) is 0 Å². The van der Waals surface area contributed by atoms with E-state index < -0.39 is 21.8 Å². The van der Waals surface area contributed by atoms with Crippen molar-refractivity contribution in [3.8, 4) is 0 Å². The predicted molar refractivity (Wildman–Crippen MR) is 59.0 cm³/mol. The third-order valence-corrected chi connectivity index (χ3v) is 7.25. The maximum atomic E-state index is 5.17. The first kappa shape index (κ1) is 11.1. The molecule has 0 spiro atoms. The average Bonchev–Trinajstić information content (AvgIpc) is 2.08. The number of ether oxygens (including phenoxy) is 1. The quantitative estimate of drug-likeness (QED) is 0.737. The molecule has 0 radical (unpaired) electrons. The summed E-state index contributed by atoms with van der Waals surface area (Å²) in [6.07, 6.45) is 0. The number of methoxy groups -OCH3 is 1. The van der Waals surface area contributed by atoms with Gasteiger partial charge in [0.05, 0.1) is 0 Å². The summed E-state index contributed by atoms with van der Waals surface area (Å²) in [6.45, 7) is 2.89. The maximum absolute atomic E-state index is 5.17. The van der Waals surface area contributed by atoms with Crippen LogP contribution >= 0.6 is 0 Å². The van der Waals surface area contributed by atoms with Crippen LogP contribution in [0.1, 0.15) is 11.1 Å². The molecule has 0 unspecified atom stereocenters. The van der Waals surface area contributed by atoms with Gasteiger partial charge in [0.15, 0.2) is 0 Å². The van der Waals surface area contributed by atoms with Crippen molar-refractivity contribution in [3.63, 3.8) is 0 Å². The molecule has 0 fully saturated rings. The SMILES string of the molecule is COCc1c[c]([Bi]([CH3])[CH3])ccc1C. The number of rotatable bonds is 3. The molecule has 0 heterocycles. The third kappa shape index (κ3) is 3.03. The molecule has 1 aromatic rings. The van der Waals surface area contributed by atoms with E-state index in [9.17, 15) is 0 Å². The molecular formula is C11H17BiO. The fourth-order valence-corrected chi connectivity index (χ4v) is 4.31. The molecular weight excluding hydrogens is 357 g/mol. The van der Waals surface area contributed by atoms with Crippen LogP contribution in [0.2, 0.25) is 9.26 Å². The average molecular weight is 374 g/mol. The van der Waals surface area contributed by atoms with E-state index >= 15 is 0 Å². The van der Waals surface area contributed by atoms with Gasteiger partial charge in [0.25, 0.3) is 0 Å². The summed E-state index contributed by atoms with van der Waals surface area (Å²) in [5.41, 5.74) is 2.69. The Morgan fingerprint density at radius 1 is 1.31 bits per heavy atom. The van der Waals surface area contributed by atoms with Crippen molar-refractivity contribution < 1.29 is 4.74 Å². The van der Waals surface area contributed by atoms with E-state index in [2.05, 4.69) is 34.4 Å². The predicted octanol–water partition coefficient (Wildman–Crippen LogP) is 2.10. The number of benzene rings is 1. The van der Waals surface area contributed by atoms with Crippen molar-refractivity contribution in [2.75, 3.05) is 7.11 Å². The molecule has 0 saturated carbocycles. The molecule has 0 amide bonds. The van der Waals surface area contributed by atoms with Crippen LogP contribution in [0.5, 0.6) is 0 Å². The molecule has 0 aliphatic carbocycles. The van der Waals surface area contributed by atoms with Crippen LogP contribution in [0.4, 0.5) is 0 Å². The topological polar surface area (TPSA) is 9.23 Å². The molecule has 1 aromatic carbocycles. The van der Waals surface area contributed by atoms with E-state index in [1.54, 1.807) is 10.4 Å². The Labute approximate surface area is 88.8 Å². The van der Waals surface area contributed by atoms with Crippen molar-refractivity contribution in [2.24, 2.45) is 0 Å². The van der Waals surface area contributed by atoms with Crippen molar-refractivity contribution in [3.05, 3.63) is 29.3 Å². The fraction of sp³-hybridized carbons (Fsp3) is 0.455. The Bertz CT molecular complexity index is 281. The molecule has 0 bridgehead atoms. The van der Waals surface area contributed by atoms with Crippen LogP contribution in [0, 0.1) is 6.92 Å². The monoisotopic (exact) mass is 374 g/mol. The van der Waals surface area contributed by atoms with Crippen LogP contribution in [0.25, 0.3) is 0 Å². The standard InChI is InChI=1S/C9H11O.2CH3.Bi/c1-8-5-3-4-6-9(8)7-10-2;;;/h3,5-6H,7H2,1-2H3;2*1H3;. The molecule has 0 atom stereocenters. The summed E-state index contributed by atoms with van der Waals surface area (Å²) in [5.74, 6) is 0. The molecule has 2 heteroatoms. The van der Waals surface area contributed by atoms with Crippen molar-refractivity contribution >= 4 is 25.0 Å². The van der Waals surface area contributed by atoms with Gasteiger partial charge in [0.2, 0.25) is 0 Å². The molecule has 0 aliphatic rings. The van der Waals surface area contributed by atoms with Crippen molar-refractivity contribution in [1.29, 1.82) is 0 Å². The zero-order chi connectivity index (χ0) is 9.84. The van der Waals surface area contributed by atoms with Crippen LogP contribution in [-0.4, -0.2) is 28.9 Å². The fourth-order valence-electron chi connectivity index (χ4n) is 1.25. The van der Waals surface area contributed by atoms with E-state index in [0.29, 0.717) is 0 Å². The summed E-state index contributed by atoms with van der Waals surface area (Å²) >= 11 is -1.24. The van der Waals surface area contributed by atoms with E-state index in [1.165, 1.54) is 11.1 Å². The molecule has 0 N–H and O–H groups in total. The van der Waals surface area contributed by atoms with Crippen LogP contribution in [0.15, 0.2) is 18.2 Å². The van der Waals surface area contributed by atoms with E-state index in [-0.39, 0.29) is 0 Å². The van der Waals surface area contributed by atoms with Crippen molar-refractivity contribution in [1.82, 2.24) is 0 Å². The third-order valence-electron chi connectivity index (χ3n) is 2.15. The van der Waals surface area contributed by atoms with Crippen molar-refractivity contribution in [2.45, 2.75) is 22.8 Å². The number of hydrogen-bond donors (Lipinski definition) is 0. The van der Waals surface area contributed by atoms with Crippen LogP contribution < -0.4 is 3.27 Å². The van der Waals surface area contributed by atoms with Gasteiger partial charge in [-0.1, -0.05) is 0 Å². The molecule has 1 nitrogen and oxygen atoms in total. The van der Waals surface area contributed by atoms with Gasteiger partial charge < -0.3 is 0 Å². The second-order valence-electron chi connectivity index (χ2n) is 3.44. The Morgan fingerprint density at radius 2 is 2.00 bits per heavy atom. The van der Waals surface area contributed by atoms with Gasteiger partial charge in [0.1, 0.15) is 0 Å². The zero-order valence-corrected chi connectivity index (χ0v) is 12.3. The van der Waals surface area contributed by atoms with E-state index in [1.807, 2.05) is 0 Å². The molecule has 13 heavy (non-hydrogen) atoms. The first-order valence-corrected chi connectivity index (χ1v) is 13.1. The molecule has 0 aromatic heterocycles. The van der Waals surface area contributed by atoms with Gasteiger partial charge in [-0.25, -0.2) is 0 Å². The first-order valence-electron chi connectivity index (χ1n) is 4.41. The Balaban J connectivity index is 2.97. The van der Waals surface area contributed by atoms with Gasteiger partial charge in [-0.2, -0.15) is 0 Å². The van der Waals surface area contributed by atoms with E-state index in [0.717, 1.165) is 6.61 Å². The molecule has 1 rings (SSSR count). The molecule has 0 saturated heterocycles. The summed E-state index contributed by atoms with van der Waals surface area (Å²) in [7, 11) is 1.75. The second-order valence-corrected chi connectivity index (χ2v) is 12.4. The first-order chi connectivity index (χ1) is 6.15. The Morgan fingerprint density at radius 3 is 2.54 bits per heavy atom. The Kier molecular flexibility index (Phi) is 4.35. The van der Waals surface area contributed by atoms with Gasteiger partial charge in [-0.15, -0.1) is 0 Å². The minimum absolute atomic E-state index is 0.747. The van der Waals surface area contributed by atoms with Gasteiger partial charge >= 0.3 is 89.0 Å². The molecule has 0 aliphatic heterocycles. The number of aryl methyl sites for hydroxylation is 1. The van der Waals surface area contributed by atoms with Crippen LogP contribution in [-0.2, 0) is 11.3 Å². The summed E-state index contributed by atoms with van der Waals surface area (Å²) in [5, 5.41) is 0. The summed E-state index contributed by atoms with van der Waals surface area (Å²) < 4.78 is 11.6. The molecule has 72 valence electrons. The Hall–Kier alpha value is 0.0631. The van der Waals surface area contributed by atoms with Gasteiger partial charge in [-0.05, 0) is 0 Å². The normalized spacial score (nSPS) is 10.8. The van der Waals surface area contributed by atoms with Crippen LogP contribution in [0.3, 0.4) is 0 Å². The zero-order valence-electron chi connectivity index (χ0n) is 8.79. The number of hydrogen-bond acceptors (Lipinski definition) is 1. The second kappa shape index (κ2) is 5.07. The summed E-state index contributed by atoms with van der Waals surface area (Å²) in [4.78, 5) is 0. The summed E-state index contributed by atoms with van der Waals surface area (Å²) in [6, 6.07) is 6.84.